The monoisotopic (exact) mass is 308 g/mol. The molecule has 0 radical (unpaired) electrons. The molecule has 0 aliphatic carbocycles. The normalized spacial score (nSPS) is 18.2. The number of carbonyl (C=O) groups is 1. The summed E-state index contributed by atoms with van der Waals surface area (Å²) < 4.78 is 0.797. The van der Waals surface area contributed by atoms with Crippen LogP contribution < -0.4 is 10.6 Å². The molecule has 1 aromatic carbocycles. The average molecular weight is 309 g/mol. The zero-order valence-corrected chi connectivity index (χ0v) is 11.1. The molecule has 0 unspecified atom stereocenters. The molecule has 17 heavy (non-hydrogen) atoms. The van der Waals surface area contributed by atoms with E-state index in [2.05, 4.69) is 26.6 Å². The summed E-state index contributed by atoms with van der Waals surface area (Å²) in [5.41, 5.74) is 1.49. The highest BCUT2D eigenvalue weighted by molar-refractivity contribution is 9.12. The number of nitrogens with one attached hydrogen (secondary N) is 2. The summed E-state index contributed by atoms with van der Waals surface area (Å²) in [6.07, 6.45) is 3.62. The van der Waals surface area contributed by atoms with E-state index in [0.717, 1.165) is 10.0 Å². The second kappa shape index (κ2) is 5.25. The number of allylic oxidation sites excluding steroid dienone is 2. The smallest absolute Gasteiger partial charge is 0.273 e. The van der Waals surface area contributed by atoms with Crippen molar-refractivity contribution in [2.24, 2.45) is 0 Å². The van der Waals surface area contributed by atoms with Gasteiger partial charge in [0.2, 0.25) is 0 Å². The molecule has 2 rings (SSSR count). The van der Waals surface area contributed by atoms with Gasteiger partial charge in [0.15, 0.2) is 5.11 Å². The van der Waals surface area contributed by atoms with E-state index >= 15 is 0 Å². The average Bonchev–Trinajstić information content (AvgIpc) is 2.58. The van der Waals surface area contributed by atoms with Gasteiger partial charge in [-0.25, -0.2) is 0 Å². The molecule has 1 aromatic rings. The van der Waals surface area contributed by atoms with Crippen LogP contribution in [0.25, 0.3) is 6.08 Å². The molecule has 0 spiro atoms. The third-order valence-corrected chi connectivity index (χ3v) is 2.77. The maximum absolute atomic E-state index is 11.4. The van der Waals surface area contributed by atoms with Crippen LogP contribution in [0, 0.1) is 0 Å². The van der Waals surface area contributed by atoms with E-state index in [0.29, 0.717) is 10.8 Å². The van der Waals surface area contributed by atoms with Gasteiger partial charge in [-0.2, -0.15) is 0 Å². The van der Waals surface area contributed by atoms with Crippen molar-refractivity contribution < 1.29 is 4.79 Å². The number of thiocarbonyl (C=S) groups is 1. The van der Waals surface area contributed by atoms with Gasteiger partial charge in [0.05, 0.1) is 0 Å². The number of amides is 1. The van der Waals surface area contributed by atoms with Crippen molar-refractivity contribution in [2.75, 3.05) is 0 Å². The second-order valence-corrected chi connectivity index (χ2v) is 4.73. The van der Waals surface area contributed by atoms with Crippen molar-refractivity contribution in [1.82, 2.24) is 10.6 Å². The van der Waals surface area contributed by atoms with Crippen molar-refractivity contribution in [3.63, 3.8) is 0 Å². The Morgan fingerprint density at radius 1 is 1.24 bits per heavy atom. The molecule has 0 saturated carbocycles. The summed E-state index contributed by atoms with van der Waals surface area (Å²) in [4.78, 5) is 11.4. The molecule has 1 aliphatic heterocycles. The van der Waals surface area contributed by atoms with Crippen LogP contribution in [0.15, 0.2) is 46.6 Å². The fourth-order valence-corrected chi connectivity index (χ4v) is 2.07. The SMILES string of the molecule is O=C1NC(=S)N/C1=C/C(Br)=C/c1ccccc1. The van der Waals surface area contributed by atoms with E-state index in [1.165, 1.54) is 0 Å². The molecule has 5 heteroatoms. The van der Waals surface area contributed by atoms with Crippen LogP contribution in [0.4, 0.5) is 0 Å². The maximum Gasteiger partial charge on any atom is 0.273 e. The van der Waals surface area contributed by atoms with Crippen molar-refractivity contribution in [3.8, 4) is 0 Å². The molecular weight excluding hydrogens is 300 g/mol. The van der Waals surface area contributed by atoms with Crippen molar-refractivity contribution in [2.45, 2.75) is 0 Å². The molecule has 1 fully saturated rings. The Kier molecular flexibility index (Phi) is 3.71. The summed E-state index contributed by atoms with van der Waals surface area (Å²) in [5, 5.41) is 5.62. The van der Waals surface area contributed by atoms with Crippen LogP contribution in [0.5, 0.6) is 0 Å². The molecule has 1 amide bonds. The summed E-state index contributed by atoms with van der Waals surface area (Å²) in [5.74, 6) is -0.214. The lowest BCUT2D eigenvalue weighted by molar-refractivity contribution is -0.115. The lowest BCUT2D eigenvalue weighted by atomic mass is 10.2. The first-order valence-electron chi connectivity index (χ1n) is 4.91. The zero-order chi connectivity index (χ0) is 12.3. The van der Waals surface area contributed by atoms with Gasteiger partial charge in [-0.05, 0) is 29.9 Å². The van der Waals surface area contributed by atoms with E-state index in [9.17, 15) is 4.79 Å². The van der Waals surface area contributed by atoms with Crippen LogP contribution in [-0.2, 0) is 4.79 Å². The topological polar surface area (TPSA) is 41.1 Å². The fraction of sp³-hybridized carbons (Fsp3) is 0. The molecule has 1 heterocycles. The van der Waals surface area contributed by atoms with Gasteiger partial charge in [-0.15, -0.1) is 0 Å². The fourth-order valence-electron chi connectivity index (χ4n) is 1.37. The first kappa shape index (κ1) is 12.0. The van der Waals surface area contributed by atoms with Gasteiger partial charge in [0, 0.05) is 4.48 Å². The van der Waals surface area contributed by atoms with Crippen LogP contribution in [-0.4, -0.2) is 11.0 Å². The van der Waals surface area contributed by atoms with Crippen LogP contribution in [0.3, 0.4) is 0 Å². The number of benzene rings is 1. The van der Waals surface area contributed by atoms with Crippen molar-refractivity contribution in [3.05, 3.63) is 52.2 Å². The third kappa shape index (κ3) is 3.25. The Morgan fingerprint density at radius 2 is 1.94 bits per heavy atom. The van der Waals surface area contributed by atoms with Gasteiger partial charge in [-0.1, -0.05) is 46.3 Å². The summed E-state index contributed by atoms with van der Waals surface area (Å²) in [6, 6.07) is 9.82. The van der Waals surface area contributed by atoms with E-state index in [1.54, 1.807) is 6.08 Å². The second-order valence-electron chi connectivity index (χ2n) is 3.41. The minimum absolute atomic E-state index is 0.214. The standard InChI is InChI=1S/C12H9BrN2OS/c13-9(6-8-4-2-1-3-5-8)7-10-11(16)15-12(17)14-10/h1-7H,(H2,14,15,16,17)/b9-6-,10-7+. The Morgan fingerprint density at radius 3 is 2.53 bits per heavy atom. The first-order valence-corrected chi connectivity index (χ1v) is 6.11. The highest BCUT2D eigenvalue weighted by Gasteiger charge is 2.19. The number of halogens is 1. The van der Waals surface area contributed by atoms with Crippen molar-refractivity contribution >= 4 is 45.2 Å². The number of carbonyl (C=O) groups excluding carboxylic acids is 1. The van der Waals surface area contributed by atoms with Crippen LogP contribution >= 0.6 is 28.1 Å². The predicted octanol–water partition coefficient (Wildman–Crippen LogP) is 2.31. The Balaban J connectivity index is 2.19. The molecule has 86 valence electrons. The molecule has 3 nitrogen and oxygen atoms in total. The lowest BCUT2D eigenvalue weighted by Gasteiger charge is -1.96. The van der Waals surface area contributed by atoms with Crippen LogP contribution in [0.2, 0.25) is 0 Å². The van der Waals surface area contributed by atoms with Gasteiger partial charge in [-0.3, -0.25) is 10.1 Å². The Labute approximate surface area is 113 Å². The molecule has 2 N–H and O–H groups in total. The van der Waals surface area contributed by atoms with Crippen LogP contribution in [0.1, 0.15) is 5.56 Å². The lowest BCUT2D eigenvalue weighted by Crippen LogP contribution is -2.21. The zero-order valence-electron chi connectivity index (χ0n) is 8.74. The number of rotatable bonds is 2. The minimum Gasteiger partial charge on any atom is -0.328 e. The van der Waals surface area contributed by atoms with Gasteiger partial charge in [0.25, 0.3) is 5.91 Å². The third-order valence-electron chi connectivity index (χ3n) is 2.11. The predicted molar refractivity (Wildman–Crippen MR) is 75.3 cm³/mol. The summed E-state index contributed by atoms with van der Waals surface area (Å²) in [7, 11) is 0. The Hall–Kier alpha value is -1.46. The highest BCUT2D eigenvalue weighted by atomic mass is 79.9. The van der Waals surface area contributed by atoms with Gasteiger partial charge >= 0.3 is 0 Å². The van der Waals surface area contributed by atoms with Crippen molar-refractivity contribution in [1.29, 1.82) is 0 Å². The molecule has 0 bridgehead atoms. The highest BCUT2D eigenvalue weighted by Crippen LogP contribution is 2.15. The van der Waals surface area contributed by atoms with Gasteiger partial charge < -0.3 is 5.32 Å². The number of hydrogen-bond acceptors (Lipinski definition) is 2. The minimum atomic E-state index is -0.214. The summed E-state index contributed by atoms with van der Waals surface area (Å²) in [6.45, 7) is 0. The van der Waals surface area contributed by atoms with E-state index < -0.39 is 0 Å². The summed E-state index contributed by atoms with van der Waals surface area (Å²) >= 11 is 8.23. The molecule has 0 aromatic heterocycles. The number of hydrogen-bond donors (Lipinski definition) is 2. The maximum atomic E-state index is 11.4. The molecule has 0 atom stereocenters. The molecular formula is C12H9BrN2OS. The Bertz CT molecular complexity index is 523. The largest absolute Gasteiger partial charge is 0.328 e. The van der Waals surface area contributed by atoms with E-state index in [-0.39, 0.29) is 5.91 Å². The van der Waals surface area contributed by atoms with Gasteiger partial charge in [0.1, 0.15) is 5.70 Å². The first-order chi connectivity index (χ1) is 8.15. The van der Waals surface area contributed by atoms with E-state index in [4.69, 9.17) is 12.2 Å². The molecule has 1 saturated heterocycles. The quantitative estimate of drug-likeness (QED) is 0.651. The van der Waals surface area contributed by atoms with E-state index in [1.807, 2.05) is 36.4 Å². The molecule has 1 aliphatic rings.